The third-order valence-electron chi connectivity index (χ3n) is 4.65. The standard InChI is InChI=1S/C23H26N2O/c1-17(15-16-19-9-4-3-5-10-19)24-23(26)18(2)25-22-14-8-12-20-11-6-7-13-21(20)22/h3-14,17-18,25H,15-16H2,1-2H3,(H,24,26)/t17-,18+/m1/s1. The Morgan fingerprint density at radius 3 is 2.38 bits per heavy atom. The Kier molecular flexibility index (Phi) is 5.90. The molecule has 134 valence electrons. The van der Waals surface area contributed by atoms with E-state index in [9.17, 15) is 4.79 Å². The molecule has 0 aliphatic carbocycles. The number of amides is 1. The molecule has 3 heteroatoms. The minimum Gasteiger partial charge on any atom is -0.373 e. The van der Waals surface area contributed by atoms with E-state index in [-0.39, 0.29) is 18.0 Å². The second kappa shape index (κ2) is 8.52. The van der Waals surface area contributed by atoms with E-state index in [2.05, 4.69) is 60.0 Å². The number of anilines is 1. The van der Waals surface area contributed by atoms with E-state index in [4.69, 9.17) is 0 Å². The normalized spacial score (nSPS) is 13.2. The van der Waals surface area contributed by atoms with Gasteiger partial charge in [0.1, 0.15) is 6.04 Å². The Morgan fingerprint density at radius 1 is 0.885 bits per heavy atom. The van der Waals surface area contributed by atoms with Crippen LogP contribution in [0.2, 0.25) is 0 Å². The van der Waals surface area contributed by atoms with Crippen molar-refractivity contribution in [3.8, 4) is 0 Å². The van der Waals surface area contributed by atoms with Gasteiger partial charge in [0.25, 0.3) is 0 Å². The summed E-state index contributed by atoms with van der Waals surface area (Å²) in [6, 6.07) is 24.5. The Labute approximate surface area is 155 Å². The van der Waals surface area contributed by atoms with Crippen LogP contribution in [-0.4, -0.2) is 18.0 Å². The predicted octanol–water partition coefficient (Wildman–Crippen LogP) is 4.78. The summed E-state index contributed by atoms with van der Waals surface area (Å²) in [7, 11) is 0. The highest BCUT2D eigenvalue weighted by atomic mass is 16.2. The van der Waals surface area contributed by atoms with Gasteiger partial charge >= 0.3 is 0 Å². The summed E-state index contributed by atoms with van der Waals surface area (Å²) < 4.78 is 0. The summed E-state index contributed by atoms with van der Waals surface area (Å²) >= 11 is 0. The molecule has 0 bridgehead atoms. The molecule has 0 fully saturated rings. The zero-order valence-electron chi connectivity index (χ0n) is 15.4. The Hall–Kier alpha value is -2.81. The van der Waals surface area contributed by atoms with Crippen molar-refractivity contribution in [1.29, 1.82) is 0 Å². The number of aryl methyl sites for hydroxylation is 1. The first-order valence-electron chi connectivity index (χ1n) is 9.22. The number of rotatable bonds is 7. The maximum atomic E-state index is 12.5. The highest BCUT2D eigenvalue weighted by Crippen LogP contribution is 2.23. The van der Waals surface area contributed by atoms with Crippen LogP contribution in [0.3, 0.4) is 0 Å². The predicted molar refractivity (Wildman–Crippen MR) is 109 cm³/mol. The molecule has 2 atom stereocenters. The molecule has 1 amide bonds. The largest absolute Gasteiger partial charge is 0.373 e. The summed E-state index contributed by atoms with van der Waals surface area (Å²) in [6.07, 6.45) is 1.89. The molecule has 0 aliphatic heterocycles. The fourth-order valence-corrected chi connectivity index (χ4v) is 3.12. The quantitative estimate of drug-likeness (QED) is 0.646. The van der Waals surface area contributed by atoms with Crippen molar-refractivity contribution in [3.05, 3.63) is 78.4 Å². The molecule has 3 rings (SSSR count). The molecule has 0 saturated carbocycles. The summed E-state index contributed by atoms with van der Waals surface area (Å²) in [5.41, 5.74) is 2.29. The average molecular weight is 346 g/mol. The molecule has 3 aromatic carbocycles. The zero-order chi connectivity index (χ0) is 18.4. The van der Waals surface area contributed by atoms with Gasteiger partial charge in [-0.25, -0.2) is 0 Å². The maximum Gasteiger partial charge on any atom is 0.242 e. The van der Waals surface area contributed by atoms with E-state index in [1.807, 2.05) is 37.3 Å². The minimum absolute atomic E-state index is 0.0264. The monoisotopic (exact) mass is 346 g/mol. The van der Waals surface area contributed by atoms with Crippen molar-refractivity contribution in [2.45, 2.75) is 38.8 Å². The van der Waals surface area contributed by atoms with E-state index in [1.54, 1.807) is 0 Å². The smallest absolute Gasteiger partial charge is 0.242 e. The fourth-order valence-electron chi connectivity index (χ4n) is 3.12. The van der Waals surface area contributed by atoms with Crippen molar-refractivity contribution >= 4 is 22.4 Å². The van der Waals surface area contributed by atoms with Gasteiger partial charge in [-0.15, -0.1) is 0 Å². The number of carbonyl (C=O) groups excluding carboxylic acids is 1. The summed E-state index contributed by atoms with van der Waals surface area (Å²) in [4.78, 5) is 12.5. The Bertz CT molecular complexity index is 855. The lowest BCUT2D eigenvalue weighted by Crippen LogP contribution is -2.42. The van der Waals surface area contributed by atoms with Gasteiger partial charge in [0.15, 0.2) is 0 Å². The van der Waals surface area contributed by atoms with Crippen molar-refractivity contribution in [2.75, 3.05) is 5.32 Å². The minimum atomic E-state index is -0.292. The van der Waals surface area contributed by atoms with Gasteiger partial charge in [-0.3, -0.25) is 4.79 Å². The molecule has 0 radical (unpaired) electrons. The SMILES string of the molecule is C[C@H](CCc1ccccc1)NC(=O)[C@H](C)Nc1cccc2ccccc12. The molecule has 0 unspecified atom stereocenters. The lowest BCUT2D eigenvalue weighted by molar-refractivity contribution is -0.122. The van der Waals surface area contributed by atoms with Crippen LogP contribution in [0.1, 0.15) is 25.8 Å². The van der Waals surface area contributed by atoms with Crippen LogP contribution in [0.4, 0.5) is 5.69 Å². The van der Waals surface area contributed by atoms with Gasteiger partial charge in [-0.2, -0.15) is 0 Å². The van der Waals surface area contributed by atoms with Gasteiger partial charge in [-0.05, 0) is 43.7 Å². The van der Waals surface area contributed by atoms with Gasteiger partial charge in [0.2, 0.25) is 5.91 Å². The fraction of sp³-hybridized carbons (Fsp3) is 0.261. The first kappa shape index (κ1) is 18.0. The number of hydrogen-bond acceptors (Lipinski definition) is 2. The first-order valence-corrected chi connectivity index (χ1v) is 9.22. The summed E-state index contributed by atoms with van der Waals surface area (Å²) in [6.45, 7) is 3.96. The van der Waals surface area contributed by atoms with Gasteiger partial charge in [-0.1, -0.05) is 66.7 Å². The molecule has 3 aromatic rings. The first-order chi connectivity index (χ1) is 12.6. The number of nitrogens with one attached hydrogen (secondary N) is 2. The molecule has 0 aromatic heterocycles. The van der Waals surface area contributed by atoms with Crippen molar-refractivity contribution in [3.63, 3.8) is 0 Å². The second-order valence-electron chi connectivity index (χ2n) is 6.83. The van der Waals surface area contributed by atoms with Crippen LogP contribution in [0.15, 0.2) is 72.8 Å². The molecule has 0 saturated heterocycles. The Balaban J connectivity index is 1.55. The van der Waals surface area contributed by atoms with Gasteiger partial charge in [0, 0.05) is 17.1 Å². The van der Waals surface area contributed by atoms with Crippen LogP contribution in [-0.2, 0) is 11.2 Å². The molecular formula is C23H26N2O. The van der Waals surface area contributed by atoms with E-state index < -0.39 is 0 Å². The van der Waals surface area contributed by atoms with Crippen LogP contribution < -0.4 is 10.6 Å². The molecule has 26 heavy (non-hydrogen) atoms. The van der Waals surface area contributed by atoms with Crippen LogP contribution in [0, 0.1) is 0 Å². The lowest BCUT2D eigenvalue weighted by Gasteiger charge is -2.20. The summed E-state index contributed by atoms with van der Waals surface area (Å²) in [5.74, 6) is 0.0264. The number of fused-ring (bicyclic) bond motifs is 1. The molecule has 3 nitrogen and oxygen atoms in total. The highest BCUT2D eigenvalue weighted by molar-refractivity contribution is 5.95. The molecule has 0 spiro atoms. The molecule has 0 aliphatic rings. The van der Waals surface area contributed by atoms with E-state index >= 15 is 0 Å². The third-order valence-corrected chi connectivity index (χ3v) is 4.65. The molecular weight excluding hydrogens is 320 g/mol. The van der Waals surface area contributed by atoms with E-state index in [1.165, 1.54) is 10.9 Å². The van der Waals surface area contributed by atoms with Gasteiger partial charge < -0.3 is 10.6 Å². The molecule has 0 heterocycles. The Morgan fingerprint density at radius 2 is 1.58 bits per heavy atom. The van der Waals surface area contributed by atoms with Crippen molar-refractivity contribution < 1.29 is 4.79 Å². The topological polar surface area (TPSA) is 41.1 Å². The van der Waals surface area contributed by atoms with E-state index in [0.29, 0.717) is 0 Å². The lowest BCUT2D eigenvalue weighted by atomic mass is 10.1. The van der Waals surface area contributed by atoms with Crippen LogP contribution in [0.5, 0.6) is 0 Å². The van der Waals surface area contributed by atoms with Crippen molar-refractivity contribution in [2.24, 2.45) is 0 Å². The second-order valence-corrected chi connectivity index (χ2v) is 6.83. The van der Waals surface area contributed by atoms with Crippen LogP contribution >= 0.6 is 0 Å². The molecule has 2 N–H and O–H groups in total. The zero-order valence-corrected chi connectivity index (χ0v) is 15.4. The number of hydrogen-bond donors (Lipinski definition) is 2. The number of carbonyl (C=O) groups is 1. The number of benzene rings is 3. The van der Waals surface area contributed by atoms with Crippen LogP contribution in [0.25, 0.3) is 10.8 Å². The maximum absolute atomic E-state index is 12.5. The van der Waals surface area contributed by atoms with Crippen molar-refractivity contribution in [1.82, 2.24) is 5.32 Å². The third kappa shape index (κ3) is 4.63. The highest BCUT2D eigenvalue weighted by Gasteiger charge is 2.16. The van der Waals surface area contributed by atoms with Gasteiger partial charge in [0.05, 0.1) is 0 Å². The average Bonchev–Trinajstić information content (AvgIpc) is 2.67. The summed E-state index contributed by atoms with van der Waals surface area (Å²) in [5, 5.41) is 8.77. The van der Waals surface area contributed by atoms with E-state index in [0.717, 1.165) is 23.9 Å².